The number of phenolic OH excluding ortho intramolecular Hbond substituents is 1. The van der Waals surface area contributed by atoms with Gasteiger partial charge in [0.2, 0.25) is 5.91 Å². The first-order valence-corrected chi connectivity index (χ1v) is 6.06. The molecule has 0 aliphatic carbocycles. The van der Waals surface area contributed by atoms with Gasteiger partial charge < -0.3 is 10.4 Å². The summed E-state index contributed by atoms with van der Waals surface area (Å²) in [4.78, 5) is 11.9. The van der Waals surface area contributed by atoms with E-state index in [0.717, 1.165) is 17.0 Å². The van der Waals surface area contributed by atoms with Gasteiger partial charge in [-0.2, -0.15) is 5.10 Å². The fraction of sp³-hybridized carbons (Fsp3) is 0.286. The molecule has 0 fully saturated rings. The maximum Gasteiger partial charge on any atom is 0.246 e. The average Bonchev–Trinajstić information content (AvgIpc) is 2.61. The third-order valence-electron chi connectivity index (χ3n) is 2.88. The predicted octanol–water partition coefficient (Wildman–Crippen LogP) is 2.15. The van der Waals surface area contributed by atoms with Gasteiger partial charge in [-0.3, -0.25) is 9.48 Å². The van der Waals surface area contributed by atoms with Gasteiger partial charge in [0.25, 0.3) is 0 Å². The molecule has 0 atom stereocenters. The van der Waals surface area contributed by atoms with E-state index in [1.807, 2.05) is 26.8 Å². The Morgan fingerprint density at radius 1 is 1.32 bits per heavy atom. The largest absolute Gasteiger partial charge is 0.508 e. The number of phenols is 1. The molecule has 19 heavy (non-hydrogen) atoms. The smallest absolute Gasteiger partial charge is 0.246 e. The van der Waals surface area contributed by atoms with Crippen LogP contribution in [0.15, 0.2) is 24.3 Å². The zero-order valence-corrected chi connectivity index (χ0v) is 11.3. The van der Waals surface area contributed by atoms with Crippen molar-refractivity contribution in [1.82, 2.24) is 9.78 Å². The number of nitrogens with zero attached hydrogens (tertiary/aromatic N) is 2. The molecule has 1 amide bonds. The summed E-state index contributed by atoms with van der Waals surface area (Å²) in [6.45, 7) is 5.82. The molecule has 2 N–H and O–H groups in total. The minimum Gasteiger partial charge on any atom is -0.508 e. The van der Waals surface area contributed by atoms with Crippen LogP contribution >= 0.6 is 0 Å². The van der Waals surface area contributed by atoms with Crippen molar-refractivity contribution in [1.29, 1.82) is 0 Å². The molecule has 1 aromatic carbocycles. The summed E-state index contributed by atoms with van der Waals surface area (Å²) in [5.74, 6) is 0.0500. The summed E-state index contributed by atoms with van der Waals surface area (Å²) in [5, 5.41) is 16.4. The van der Waals surface area contributed by atoms with Gasteiger partial charge in [0.1, 0.15) is 12.3 Å². The van der Waals surface area contributed by atoms with E-state index in [0.29, 0.717) is 5.69 Å². The van der Waals surface area contributed by atoms with Crippen molar-refractivity contribution >= 4 is 11.6 Å². The zero-order chi connectivity index (χ0) is 14.0. The predicted molar refractivity (Wildman–Crippen MR) is 73.2 cm³/mol. The van der Waals surface area contributed by atoms with Gasteiger partial charge in [-0.15, -0.1) is 0 Å². The molecule has 5 nitrogen and oxygen atoms in total. The molecule has 0 aliphatic heterocycles. The highest BCUT2D eigenvalue weighted by Gasteiger charge is 2.09. The highest BCUT2D eigenvalue weighted by atomic mass is 16.3. The number of nitrogens with one attached hydrogen (secondary N) is 1. The van der Waals surface area contributed by atoms with E-state index in [1.54, 1.807) is 22.9 Å². The van der Waals surface area contributed by atoms with Crippen LogP contribution in [0.25, 0.3) is 0 Å². The van der Waals surface area contributed by atoms with Crippen molar-refractivity contribution in [2.24, 2.45) is 0 Å². The molecule has 0 spiro atoms. The van der Waals surface area contributed by atoms with E-state index < -0.39 is 0 Å². The molecular formula is C14H17N3O2. The van der Waals surface area contributed by atoms with Crippen molar-refractivity contribution in [2.45, 2.75) is 27.3 Å². The highest BCUT2D eigenvalue weighted by molar-refractivity contribution is 5.91. The van der Waals surface area contributed by atoms with Gasteiger partial charge in [0, 0.05) is 11.4 Å². The van der Waals surface area contributed by atoms with Crippen LogP contribution in [-0.2, 0) is 11.3 Å². The summed E-state index contributed by atoms with van der Waals surface area (Å²) in [5.41, 5.74) is 3.37. The topological polar surface area (TPSA) is 67.2 Å². The van der Waals surface area contributed by atoms with E-state index in [2.05, 4.69) is 10.4 Å². The molecule has 100 valence electrons. The molecule has 0 saturated heterocycles. The Hall–Kier alpha value is -2.30. The van der Waals surface area contributed by atoms with Crippen LogP contribution in [0.4, 0.5) is 5.69 Å². The molecule has 0 saturated carbocycles. The van der Waals surface area contributed by atoms with Gasteiger partial charge in [-0.1, -0.05) is 0 Å². The lowest BCUT2D eigenvalue weighted by atomic mass is 10.2. The van der Waals surface area contributed by atoms with E-state index in [9.17, 15) is 9.90 Å². The number of rotatable bonds is 3. The second kappa shape index (κ2) is 5.14. The Morgan fingerprint density at radius 3 is 2.63 bits per heavy atom. The molecule has 2 rings (SSSR count). The molecule has 0 aliphatic rings. The van der Waals surface area contributed by atoms with Gasteiger partial charge >= 0.3 is 0 Å². The molecule has 1 aromatic heterocycles. The maximum absolute atomic E-state index is 11.9. The Morgan fingerprint density at radius 2 is 2.05 bits per heavy atom. The van der Waals surface area contributed by atoms with Crippen molar-refractivity contribution < 1.29 is 9.90 Å². The van der Waals surface area contributed by atoms with Gasteiger partial charge in [-0.25, -0.2) is 0 Å². The quantitative estimate of drug-likeness (QED) is 0.830. The monoisotopic (exact) mass is 259 g/mol. The van der Waals surface area contributed by atoms with Crippen molar-refractivity contribution in [3.8, 4) is 5.75 Å². The third-order valence-corrected chi connectivity index (χ3v) is 2.88. The first-order valence-electron chi connectivity index (χ1n) is 6.06. The minimum absolute atomic E-state index is 0.139. The van der Waals surface area contributed by atoms with Crippen molar-refractivity contribution in [3.63, 3.8) is 0 Å². The molecule has 0 radical (unpaired) electrons. The minimum atomic E-state index is -0.139. The number of aromatic nitrogens is 2. The number of aryl methyl sites for hydroxylation is 3. The Labute approximate surface area is 111 Å². The fourth-order valence-corrected chi connectivity index (χ4v) is 1.95. The van der Waals surface area contributed by atoms with Gasteiger partial charge in [-0.05, 0) is 50.6 Å². The number of carbonyl (C=O) groups is 1. The molecule has 2 aromatic rings. The van der Waals surface area contributed by atoms with Crippen molar-refractivity contribution in [3.05, 3.63) is 41.2 Å². The van der Waals surface area contributed by atoms with E-state index >= 15 is 0 Å². The van der Waals surface area contributed by atoms with Crippen molar-refractivity contribution in [2.75, 3.05) is 5.32 Å². The molecular weight excluding hydrogens is 242 g/mol. The Kier molecular flexibility index (Phi) is 3.55. The van der Waals surface area contributed by atoms with Crippen LogP contribution in [0.2, 0.25) is 0 Å². The first-order chi connectivity index (χ1) is 8.95. The number of benzene rings is 1. The van der Waals surface area contributed by atoms with Gasteiger partial charge in [0.05, 0.1) is 5.69 Å². The Balaban J connectivity index is 2.07. The second-order valence-corrected chi connectivity index (χ2v) is 4.63. The number of carbonyl (C=O) groups excluding carboxylic acids is 1. The normalized spacial score (nSPS) is 10.5. The van der Waals surface area contributed by atoms with Crippen LogP contribution in [0.1, 0.15) is 17.0 Å². The van der Waals surface area contributed by atoms with E-state index in [4.69, 9.17) is 0 Å². The molecule has 1 heterocycles. The van der Waals surface area contributed by atoms with Crippen LogP contribution in [-0.4, -0.2) is 20.8 Å². The van der Waals surface area contributed by atoms with E-state index in [1.165, 1.54) is 0 Å². The summed E-state index contributed by atoms with van der Waals surface area (Å²) in [7, 11) is 0. The van der Waals surface area contributed by atoms with Crippen LogP contribution < -0.4 is 5.32 Å². The third kappa shape index (κ3) is 3.13. The number of aromatic hydroxyl groups is 1. The van der Waals surface area contributed by atoms with Crippen LogP contribution in [0.3, 0.4) is 0 Å². The second-order valence-electron chi connectivity index (χ2n) is 4.63. The standard InChI is InChI=1S/C14H17N3O2/c1-9-6-12(18)4-5-13(9)15-14(19)8-17-11(3)7-10(2)16-17/h4-7,18H,8H2,1-3H3,(H,15,19). The molecule has 0 unspecified atom stereocenters. The first kappa shape index (κ1) is 13.1. The lowest BCUT2D eigenvalue weighted by Gasteiger charge is -2.09. The fourth-order valence-electron chi connectivity index (χ4n) is 1.95. The summed E-state index contributed by atoms with van der Waals surface area (Å²) in [6.07, 6.45) is 0. The highest BCUT2D eigenvalue weighted by Crippen LogP contribution is 2.20. The summed E-state index contributed by atoms with van der Waals surface area (Å²) < 4.78 is 1.67. The summed E-state index contributed by atoms with van der Waals surface area (Å²) in [6, 6.07) is 6.77. The van der Waals surface area contributed by atoms with Crippen LogP contribution in [0.5, 0.6) is 5.75 Å². The zero-order valence-electron chi connectivity index (χ0n) is 11.3. The van der Waals surface area contributed by atoms with Gasteiger partial charge in [0.15, 0.2) is 0 Å². The molecule has 5 heteroatoms. The number of hydrogen-bond donors (Lipinski definition) is 2. The van der Waals surface area contributed by atoms with E-state index in [-0.39, 0.29) is 18.2 Å². The number of anilines is 1. The Bertz CT molecular complexity index is 617. The van der Waals surface area contributed by atoms with Crippen LogP contribution in [0, 0.1) is 20.8 Å². The number of amides is 1. The molecule has 0 bridgehead atoms. The number of hydrogen-bond acceptors (Lipinski definition) is 3. The maximum atomic E-state index is 11.9. The lowest BCUT2D eigenvalue weighted by Crippen LogP contribution is -2.20. The SMILES string of the molecule is Cc1cc(C)n(CC(=O)Nc2ccc(O)cc2C)n1. The average molecular weight is 259 g/mol. The summed E-state index contributed by atoms with van der Waals surface area (Å²) >= 11 is 0. The lowest BCUT2D eigenvalue weighted by molar-refractivity contribution is -0.116.